The minimum atomic E-state index is -1.05. The van der Waals surface area contributed by atoms with Gasteiger partial charge in [0, 0.05) is 11.3 Å². The third-order valence-electron chi connectivity index (χ3n) is 6.84. The van der Waals surface area contributed by atoms with Crippen molar-refractivity contribution in [3.63, 3.8) is 0 Å². The molecule has 45 heavy (non-hydrogen) atoms. The fourth-order valence-electron chi connectivity index (χ4n) is 4.78. The quantitative estimate of drug-likeness (QED) is 0.0529. The number of Topliss-reactive ketones (excluding diaryl/α,β-unsaturated/α-hetero) is 1. The number of ketones is 1. The number of benzene rings is 3. The van der Waals surface area contributed by atoms with Crippen molar-refractivity contribution in [3.8, 4) is 17.2 Å². The van der Waals surface area contributed by atoms with E-state index in [1.807, 2.05) is 20.8 Å². The van der Waals surface area contributed by atoms with Crippen molar-refractivity contribution in [1.29, 1.82) is 0 Å². The number of aromatic nitrogens is 2. The number of nitrogens with zero attached hydrogens (tertiary/aromatic N) is 3. The Balaban J connectivity index is 1.57. The molecule has 0 saturated carbocycles. The number of anilines is 1. The first-order valence-electron chi connectivity index (χ1n) is 14.5. The van der Waals surface area contributed by atoms with Gasteiger partial charge >= 0.3 is 5.91 Å². The van der Waals surface area contributed by atoms with E-state index in [0.717, 1.165) is 17.8 Å². The highest BCUT2D eigenvalue weighted by atomic mass is 32.2. The molecule has 9 nitrogen and oxygen atoms in total. The number of hydrogen-bond donors (Lipinski definition) is 1. The zero-order chi connectivity index (χ0) is 31.9. The topological polar surface area (TPSA) is 111 Å². The second-order valence-corrected chi connectivity index (χ2v) is 12.0. The van der Waals surface area contributed by atoms with Crippen LogP contribution >= 0.6 is 23.1 Å². The molecule has 1 aliphatic rings. The molecule has 1 N–H and O–H groups in total. The van der Waals surface area contributed by atoms with Crippen molar-refractivity contribution in [2.24, 2.45) is 0 Å². The molecule has 0 bridgehead atoms. The van der Waals surface area contributed by atoms with E-state index < -0.39 is 17.7 Å². The van der Waals surface area contributed by atoms with Gasteiger partial charge in [0.2, 0.25) is 5.13 Å². The maximum Gasteiger partial charge on any atom is 0.301 e. The number of aliphatic hydroxyl groups excluding tert-OH is 1. The summed E-state index contributed by atoms with van der Waals surface area (Å²) in [4.78, 5) is 28.5. The molecule has 4 aromatic rings. The lowest BCUT2D eigenvalue weighted by atomic mass is 9.95. The molecule has 234 valence electrons. The van der Waals surface area contributed by atoms with Gasteiger partial charge in [-0.05, 0) is 73.9 Å². The maximum atomic E-state index is 14.2. The van der Waals surface area contributed by atoms with Gasteiger partial charge < -0.3 is 19.3 Å². The molecule has 0 radical (unpaired) electrons. The Morgan fingerprint density at radius 2 is 1.69 bits per heavy atom. The summed E-state index contributed by atoms with van der Waals surface area (Å²) in [6, 6.07) is 17.2. The van der Waals surface area contributed by atoms with Crippen LogP contribution < -0.4 is 19.1 Å². The number of amides is 1. The van der Waals surface area contributed by atoms with Gasteiger partial charge in [-0.25, -0.2) is 4.39 Å². The van der Waals surface area contributed by atoms with E-state index in [4.69, 9.17) is 14.2 Å². The molecule has 1 atom stereocenters. The number of hydrogen-bond acceptors (Lipinski definition) is 10. The van der Waals surface area contributed by atoms with Crippen LogP contribution in [0.1, 0.15) is 49.9 Å². The summed E-state index contributed by atoms with van der Waals surface area (Å²) >= 11 is 2.36. The summed E-state index contributed by atoms with van der Waals surface area (Å²) in [6.07, 6.45) is 0.839. The highest BCUT2D eigenvalue weighted by Crippen LogP contribution is 2.45. The predicted molar refractivity (Wildman–Crippen MR) is 172 cm³/mol. The SMILES string of the molecule is CCCOc1ccc(C(O)=C2C(=O)C(=O)N(c3nnc(SCc4ccccc4F)s3)C2c2ccc(OCC)c(OCC)c2)cc1. The first-order valence-corrected chi connectivity index (χ1v) is 16.3. The normalized spacial score (nSPS) is 15.8. The van der Waals surface area contributed by atoms with E-state index in [9.17, 15) is 19.1 Å². The number of carbonyl (C=O) groups excluding carboxylic acids is 2. The standard InChI is InChI=1S/C33H32FN3O6S2/c1-4-17-43-23-14-11-20(12-15-23)29(38)27-28(21-13-16-25(41-5-2)26(18-21)42-6-3)37(31(40)30(27)39)32-35-36-33(45-32)44-19-22-9-7-8-10-24(22)34/h7-16,18,28,38H,4-6,17,19H2,1-3H3. The Morgan fingerprint density at radius 1 is 0.956 bits per heavy atom. The van der Waals surface area contributed by atoms with E-state index in [2.05, 4.69) is 10.2 Å². The second-order valence-electron chi connectivity index (χ2n) is 9.84. The van der Waals surface area contributed by atoms with Gasteiger partial charge in [0.1, 0.15) is 17.3 Å². The first-order chi connectivity index (χ1) is 21.9. The van der Waals surface area contributed by atoms with Crippen LogP contribution in [0.15, 0.2) is 76.6 Å². The maximum absolute atomic E-state index is 14.2. The Kier molecular flexibility index (Phi) is 10.4. The van der Waals surface area contributed by atoms with Gasteiger partial charge in [-0.3, -0.25) is 14.5 Å². The average Bonchev–Trinajstić information content (AvgIpc) is 3.62. The number of aliphatic hydroxyl groups is 1. The monoisotopic (exact) mass is 649 g/mol. The third-order valence-corrected chi connectivity index (χ3v) is 8.94. The Morgan fingerprint density at radius 3 is 2.40 bits per heavy atom. The molecule has 12 heteroatoms. The van der Waals surface area contributed by atoms with Crippen molar-refractivity contribution in [1.82, 2.24) is 10.2 Å². The second kappa shape index (κ2) is 14.6. The lowest BCUT2D eigenvalue weighted by Gasteiger charge is -2.23. The van der Waals surface area contributed by atoms with Gasteiger partial charge in [0.15, 0.2) is 15.8 Å². The Labute approximate surface area is 268 Å². The summed E-state index contributed by atoms with van der Waals surface area (Å²) < 4.78 is 31.9. The van der Waals surface area contributed by atoms with Gasteiger partial charge in [-0.2, -0.15) is 0 Å². The highest BCUT2D eigenvalue weighted by Gasteiger charge is 2.48. The third kappa shape index (κ3) is 6.97. The predicted octanol–water partition coefficient (Wildman–Crippen LogP) is 7.18. The Bertz CT molecular complexity index is 1710. The molecule has 1 aromatic heterocycles. The molecule has 1 aliphatic heterocycles. The van der Waals surface area contributed by atoms with Crippen molar-refractivity contribution in [3.05, 3.63) is 94.8 Å². The lowest BCUT2D eigenvalue weighted by molar-refractivity contribution is -0.132. The smallest absolute Gasteiger partial charge is 0.301 e. The van der Waals surface area contributed by atoms with Gasteiger partial charge in [-0.15, -0.1) is 10.2 Å². The van der Waals surface area contributed by atoms with Crippen LogP contribution in [0, 0.1) is 5.82 Å². The minimum absolute atomic E-state index is 0.107. The number of thioether (sulfide) groups is 1. The van der Waals surface area contributed by atoms with E-state index in [0.29, 0.717) is 63.9 Å². The molecule has 1 unspecified atom stereocenters. The molecule has 1 saturated heterocycles. The molecule has 0 spiro atoms. The zero-order valence-electron chi connectivity index (χ0n) is 25.0. The molecule has 2 heterocycles. The number of rotatable bonds is 13. The van der Waals surface area contributed by atoms with E-state index in [-0.39, 0.29) is 22.3 Å². The summed E-state index contributed by atoms with van der Waals surface area (Å²) in [5, 5.41) is 20.1. The fourth-order valence-corrected chi connectivity index (χ4v) is 6.63. The van der Waals surface area contributed by atoms with Crippen molar-refractivity contribution < 1.29 is 33.3 Å². The van der Waals surface area contributed by atoms with E-state index in [1.54, 1.807) is 60.7 Å². The first kappa shape index (κ1) is 32.0. The number of carbonyl (C=O) groups is 2. The molecule has 0 aliphatic carbocycles. The number of ether oxygens (including phenoxy) is 3. The lowest BCUT2D eigenvalue weighted by Crippen LogP contribution is -2.29. The average molecular weight is 650 g/mol. The summed E-state index contributed by atoms with van der Waals surface area (Å²) in [5.74, 6) is -0.543. The van der Waals surface area contributed by atoms with Gasteiger partial charge in [-0.1, -0.05) is 54.3 Å². The fraction of sp³-hybridized carbons (Fsp3) is 0.273. The van der Waals surface area contributed by atoms with Crippen LogP contribution in [0.4, 0.5) is 9.52 Å². The molecule has 3 aromatic carbocycles. The Hall–Kier alpha value is -4.42. The van der Waals surface area contributed by atoms with Gasteiger partial charge in [0.05, 0.1) is 31.4 Å². The van der Waals surface area contributed by atoms with Gasteiger partial charge in [0.25, 0.3) is 5.78 Å². The molecular formula is C33H32FN3O6S2. The van der Waals surface area contributed by atoms with Crippen LogP contribution in [0.3, 0.4) is 0 Å². The molecule has 5 rings (SSSR count). The van der Waals surface area contributed by atoms with Crippen molar-refractivity contribution >= 4 is 45.7 Å². The molecule has 1 amide bonds. The number of halogens is 1. The van der Waals surface area contributed by atoms with Crippen LogP contribution in [0.5, 0.6) is 17.2 Å². The molecular weight excluding hydrogens is 618 g/mol. The minimum Gasteiger partial charge on any atom is -0.507 e. The largest absolute Gasteiger partial charge is 0.507 e. The van der Waals surface area contributed by atoms with Crippen LogP contribution in [0.25, 0.3) is 5.76 Å². The highest BCUT2D eigenvalue weighted by molar-refractivity contribution is 8.00. The van der Waals surface area contributed by atoms with Crippen LogP contribution in [-0.2, 0) is 15.3 Å². The molecule has 1 fully saturated rings. The zero-order valence-corrected chi connectivity index (χ0v) is 26.6. The summed E-state index contributed by atoms with van der Waals surface area (Å²) in [5.41, 5.74) is 1.24. The van der Waals surface area contributed by atoms with Crippen molar-refractivity contribution in [2.75, 3.05) is 24.7 Å². The summed E-state index contributed by atoms with van der Waals surface area (Å²) in [7, 11) is 0. The van der Waals surface area contributed by atoms with Crippen LogP contribution in [0.2, 0.25) is 0 Å². The van der Waals surface area contributed by atoms with Crippen LogP contribution in [-0.4, -0.2) is 46.8 Å². The summed E-state index contributed by atoms with van der Waals surface area (Å²) in [6.45, 7) is 7.00. The van der Waals surface area contributed by atoms with E-state index >= 15 is 0 Å². The van der Waals surface area contributed by atoms with E-state index in [1.165, 1.54) is 22.7 Å². The van der Waals surface area contributed by atoms with Crippen molar-refractivity contribution in [2.45, 2.75) is 43.3 Å².